The van der Waals surface area contributed by atoms with Crippen LogP contribution in [0.3, 0.4) is 0 Å². The number of carbonyl (C=O) groups is 1. The molecule has 0 aliphatic heterocycles. The minimum atomic E-state index is -0.348. The molecule has 1 aliphatic carbocycles. The van der Waals surface area contributed by atoms with Crippen LogP contribution in [0.1, 0.15) is 38.1 Å². The van der Waals surface area contributed by atoms with Crippen molar-refractivity contribution < 1.29 is 4.79 Å². The van der Waals surface area contributed by atoms with E-state index in [4.69, 9.17) is 5.84 Å². The summed E-state index contributed by atoms with van der Waals surface area (Å²) in [7, 11) is 0. The van der Waals surface area contributed by atoms with Gasteiger partial charge in [-0.3, -0.25) is 4.79 Å². The Kier molecular flexibility index (Phi) is 4.39. The lowest BCUT2D eigenvalue weighted by Gasteiger charge is -2.17. The Bertz CT molecular complexity index is 500. The maximum atomic E-state index is 12.0. The summed E-state index contributed by atoms with van der Waals surface area (Å²) in [6, 6.07) is 0.00486. The second-order valence-electron chi connectivity index (χ2n) is 5.11. The molecule has 7 heteroatoms. The first kappa shape index (κ1) is 14.5. The molecule has 1 aromatic rings. The maximum absolute atomic E-state index is 12.0. The van der Waals surface area contributed by atoms with Gasteiger partial charge in [0, 0.05) is 18.0 Å². The normalized spacial score (nSPS) is 15.6. The van der Waals surface area contributed by atoms with Gasteiger partial charge >= 0.3 is 0 Å². The quantitative estimate of drug-likeness (QED) is 0.451. The predicted molar refractivity (Wildman–Crippen MR) is 78.2 cm³/mol. The van der Waals surface area contributed by atoms with Crippen molar-refractivity contribution in [3.8, 4) is 0 Å². The van der Waals surface area contributed by atoms with E-state index in [-0.39, 0.29) is 11.9 Å². The van der Waals surface area contributed by atoms with Crippen LogP contribution < -0.4 is 21.9 Å². The number of aromatic nitrogens is 2. The molecule has 20 heavy (non-hydrogen) atoms. The van der Waals surface area contributed by atoms with E-state index in [1.165, 1.54) is 0 Å². The van der Waals surface area contributed by atoms with Gasteiger partial charge in [-0.1, -0.05) is 6.92 Å². The summed E-state index contributed by atoms with van der Waals surface area (Å²) < 4.78 is 0. The largest absolute Gasteiger partial charge is 0.358 e. The second-order valence-corrected chi connectivity index (χ2v) is 5.11. The highest BCUT2D eigenvalue weighted by Crippen LogP contribution is 2.21. The van der Waals surface area contributed by atoms with Crippen LogP contribution in [-0.4, -0.2) is 28.0 Å². The van der Waals surface area contributed by atoms with Gasteiger partial charge in [-0.2, -0.15) is 0 Å². The van der Waals surface area contributed by atoms with Crippen molar-refractivity contribution in [2.45, 2.75) is 52.1 Å². The van der Waals surface area contributed by atoms with Crippen LogP contribution in [0.25, 0.3) is 0 Å². The first-order valence-electron chi connectivity index (χ1n) is 6.96. The summed E-state index contributed by atoms with van der Waals surface area (Å²) in [4.78, 5) is 20.7. The first-order valence-corrected chi connectivity index (χ1v) is 6.96. The highest BCUT2D eigenvalue weighted by Gasteiger charge is 2.26. The van der Waals surface area contributed by atoms with Gasteiger partial charge in [0.15, 0.2) is 0 Å². The molecule has 7 nitrogen and oxygen atoms in total. The van der Waals surface area contributed by atoms with Gasteiger partial charge in [0.2, 0.25) is 5.91 Å². The molecule has 110 valence electrons. The Morgan fingerprint density at radius 3 is 2.60 bits per heavy atom. The van der Waals surface area contributed by atoms with Gasteiger partial charge in [0.1, 0.15) is 23.5 Å². The number of amides is 1. The number of hydrogen-bond acceptors (Lipinski definition) is 6. The zero-order chi connectivity index (χ0) is 14.7. The highest BCUT2D eigenvalue weighted by atomic mass is 16.2. The second kappa shape index (κ2) is 6.04. The third-order valence-electron chi connectivity index (χ3n) is 3.32. The Morgan fingerprint density at radius 1 is 1.40 bits per heavy atom. The van der Waals surface area contributed by atoms with Gasteiger partial charge in [0.05, 0.1) is 0 Å². The Morgan fingerprint density at radius 2 is 2.05 bits per heavy atom. The van der Waals surface area contributed by atoms with Gasteiger partial charge in [0.25, 0.3) is 0 Å². The van der Waals surface area contributed by atoms with Gasteiger partial charge in [-0.05, 0) is 26.7 Å². The number of hydrogen-bond donors (Lipinski definition) is 4. The molecule has 0 bridgehead atoms. The van der Waals surface area contributed by atoms with Crippen LogP contribution in [-0.2, 0) is 11.2 Å². The fraction of sp³-hybridized carbons (Fsp3) is 0.615. The number of carbonyl (C=O) groups excluding carboxylic acids is 1. The zero-order valence-corrected chi connectivity index (χ0v) is 12.2. The molecule has 1 aliphatic rings. The highest BCUT2D eigenvalue weighted by molar-refractivity contribution is 5.84. The summed E-state index contributed by atoms with van der Waals surface area (Å²) in [5, 5.41) is 6.10. The first-order chi connectivity index (χ1) is 9.55. The van der Waals surface area contributed by atoms with Crippen molar-refractivity contribution in [3.63, 3.8) is 0 Å². The molecular weight excluding hydrogens is 256 g/mol. The molecule has 0 aromatic carbocycles. The fourth-order valence-corrected chi connectivity index (χ4v) is 1.83. The number of aryl methyl sites for hydroxylation is 1. The molecule has 1 amide bonds. The summed E-state index contributed by atoms with van der Waals surface area (Å²) >= 11 is 0. The Labute approximate surface area is 118 Å². The molecule has 1 fully saturated rings. The maximum Gasteiger partial charge on any atom is 0.242 e. The average molecular weight is 278 g/mol. The van der Waals surface area contributed by atoms with Crippen molar-refractivity contribution in [2.24, 2.45) is 5.84 Å². The number of hydrazine groups is 1. The topological polar surface area (TPSA) is 105 Å². The zero-order valence-electron chi connectivity index (χ0n) is 12.2. The van der Waals surface area contributed by atoms with E-state index in [9.17, 15) is 4.79 Å². The number of nitrogen functional groups attached to an aromatic ring is 1. The molecule has 0 saturated heterocycles. The summed E-state index contributed by atoms with van der Waals surface area (Å²) in [6.45, 7) is 5.65. The SMILES string of the molecule is CCc1nc(NN)c(C)c(NC(C)C(=O)NC2CC2)n1. The summed E-state index contributed by atoms with van der Waals surface area (Å²) in [5.74, 6) is 7.35. The molecule has 1 aromatic heterocycles. The molecule has 1 unspecified atom stereocenters. The Balaban J connectivity index is 2.12. The molecule has 0 radical (unpaired) electrons. The number of rotatable bonds is 6. The monoisotopic (exact) mass is 278 g/mol. The van der Waals surface area contributed by atoms with Crippen LogP contribution in [0.4, 0.5) is 11.6 Å². The predicted octanol–water partition coefficient (Wildman–Crippen LogP) is 0.712. The van der Waals surface area contributed by atoms with E-state index in [1.54, 1.807) is 0 Å². The lowest BCUT2D eigenvalue weighted by atomic mass is 10.2. The van der Waals surface area contributed by atoms with Crippen LogP contribution in [0.2, 0.25) is 0 Å². The van der Waals surface area contributed by atoms with Gasteiger partial charge < -0.3 is 16.1 Å². The van der Waals surface area contributed by atoms with Crippen LogP contribution in [0, 0.1) is 6.92 Å². The molecule has 0 spiro atoms. The molecule has 1 atom stereocenters. The lowest BCUT2D eigenvalue weighted by molar-refractivity contribution is -0.121. The van der Waals surface area contributed by atoms with Crippen molar-refractivity contribution >= 4 is 17.5 Å². The van der Waals surface area contributed by atoms with E-state index < -0.39 is 0 Å². The molecule has 1 heterocycles. The van der Waals surface area contributed by atoms with Crippen molar-refractivity contribution in [1.82, 2.24) is 15.3 Å². The minimum absolute atomic E-state index is 0.00850. The van der Waals surface area contributed by atoms with E-state index in [0.717, 1.165) is 18.4 Å². The summed E-state index contributed by atoms with van der Waals surface area (Å²) in [6.07, 6.45) is 2.85. The van der Waals surface area contributed by atoms with Crippen LogP contribution in [0.15, 0.2) is 0 Å². The van der Waals surface area contributed by atoms with Gasteiger partial charge in [-0.25, -0.2) is 15.8 Å². The number of nitrogens with zero attached hydrogens (tertiary/aromatic N) is 2. The third kappa shape index (κ3) is 3.36. The van der Waals surface area contributed by atoms with Crippen molar-refractivity contribution in [3.05, 3.63) is 11.4 Å². The summed E-state index contributed by atoms with van der Waals surface area (Å²) in [5.41, 5.74) is 3.37. The lowest BCUT2D eigenvalue weighted by Crippen LogP contribution is -2.39. The number of nitrogens with one attached hydrogen (secondary N) is 3. The van der Waals surface area contributed by atoms with Gasteiger partial charge in [-0.15, -0.1) is 0 Å². The molecule has 2 rings (SSSR count). The smallest absolute Gasteiger partial charge is 0.242 e. The third-order valence-corrected chi connectivity index (χ3v) is 3.32. The van der Waals surface area contributed by atoms with E-state index in [0.29, 0.717) is 29.9 Å². The van der Waals surface area contributed by atoms with Crippen molar-refractivity contribution in [2.75, 3.05) is 10.7 Å². The van der Waals surface area contributed by atoms with E-state index >= 15 is 0 Å². The average Bonchev–Trinajstić information content (AvgIpc) is 3.24. The van der Waals surface area contributed by atoms with Crippen LogP contribution in [0.5, 0.6) is 0 Å². The number of nitrogens with two attached hydrogens (primary N) is 1. The molecule has 5 N–H and O–H groups in total. The van der Waals surface area contributed by atoms with E-state index in [1.807, 2.05) is 20.8 Å². The standard InChI is InChI=1S/C13H22N6O/c1-4-10-17-11(7(2)12(18-10)19-14)15-8(3)13(20)16-9-5-6-9/h8-9H,4-6,14H2,1-3H3,(H,16,20)(H2,15,17,18,19). The molecular formula is C13H22N6O. The minimum Gasteiger partial charge on any atom is -0.358 e. The fourth-order valence-electron chi connectivity index (χ4n) is 1.83. The van der Waals surface area contributed by atoms with E-state index in [2.05, 4.69) is 26.0 Å². The molecule has 1 saturated carbocycles. The Hall–Kier alpha value is -1.89. The van der Waals surface area contributed by atoms with Crippen LogP contribution >= 0.6 is 0 Å². The number of anilines is 2. The van der Waals surface area contributed by atoms with Crippen molar-refractivity contribution in [1.29, 1.82) is 0 Å².